The fraction of sp³-hybridized carbons (Fsp3) is 0.368. The lowest BCUT2D eigenvalue weighted by Gasteiger charge is -2.19. The standard InChI is InChI=1S/C19H27NSi/c1-5-19(17-9-7-6-8-10-17)20-15-16-11-13-18(14-12-16)21(2,3)4/h6-14,19-20H,5,15H2,1-4H3. The maximum absolute atomic E-state index is 3.67. The summed E-state index contributed by atoms with van der Waals surface area (Å²) in [4.78, 5) is 0. The second-order valence-electron chi connectivity index (χ2n) is 6.70. The molecule has 1 nitrogen and oxygen atoms in total. The minimum absolute atomic E-state index is 0.433. The summed E-state index contributed by atoms with van der Waals surface area (Å²) in [6, 6.07) is 20.3. The van der Waals surface area contributed by atoms with Gasteiger partial charge in [-0.3, -0.25) is 0 Å². The Morgan fingerprint density at radius 3 is 2.05 bits per heavy atom. The second-order valence-corrected chi connectivity index (χ2v) is 11.8. The van der Waals surface area contributed by atoms with E-state index in [9.17, 15) is 0 Å². The molecule has 0 saturated heterocycles. The summed E-state index contributed by atoms with van der Waals surface area (Å²) in [5.41, 5.74) is 2.74. The Hall–Kier alpha value is -1.38. The highest BCUT2D eigenvalue weighted by Crippen LogP contribution is 2.16. The molecule has 0 aliphatic rings. The van der Waals surface area contributed by atoms with Gasteiger partial charge in [0.25, 0.3) is 0 Å². The zero-order valence-electron chi connectivity index (χ0n) is 13.7. The SMILES string of the molecule is CCC(NCc1ccc([Si](C)(C)C)cc1)c1ccccc1. The van der Waals surface area contributed by atoms with Crippen LogP contribution in [0.15, 0.2) is 54.6 Å². The lowest BCUT2D eigenvalue weighted by Crippen LogP contribution is -2.37. The van der Waals surface area contributed by atoms with Crippen molar-refractivity contribution in [3.63, 3.8) is 0 Å². The Labute approximate surface area is 130 Å². The molecule has 2 aromatic carbocycles. The van der Waals surface area contributed by atoms with Crippen LogP contribution in [0.25, 0.3) is 0 Å². The van der Waals surface area contributed by atoms with Crippen LogP contribution in [0, 0.1) is 0 Å². The van der Waals surface area contributed by atoms with Crippen molar-refractivity contribution in [2.45, 2.75) is 45.6 Å². The maximum Gasteiger partial charge on any atom is 0.0775 e. The first-order valence-electron chi connectivity index (χ1n) is 7.88. The highest BCUT2D eigenvalue weighted by atomic mass is 28.3. The van der Waals surface area contributed by atoms with Gasteiger partial charge in [-0.25, -0.2) is 0 Å². The Kier molecular flexibility index (Phi) is 5.37. The van der Waals surface area contributed by atoms with Gasteiger partial charge < -0.3 is 5.32 Å². The summed E-state index contributed by atoms with van der Waals surface area (Å²) < 4.78 is 0. The molecule has 0 radical (unpaired) electrons. The van der Waals surface area contributed by atoms with E-state index in [1.54, 1.807) is 0 Å². The van der Waals surface area contributed by atoms with Crippen LogP contribution in [0.4, 0.5) is 0 Å². The molecule has 0 aliphatic carbocycles. The summed E-state index contributed by atoms with van der Waals surface area (Å²) in [6.45, 7) is 10.3. The lowest BCUT2D eigenvalue weighted by molar-refractivity contribution is 0.519. The van der Waals surface area contributed by atoms with E-state index in [4.69, 9.17) is 0 Å². The van der Waals surface area contributed by atoms with Gasteiger partial charge in [0.05, 0.1) is 8.07 Å². The highest BCUT2D eigenvalue weighted by Gasteiger charge is 2.15. The smallest absolute Gasteiger partial charge is 0.0775 e. The molecule has 0 aromatic heterocycles. The van der Waals surface area contributed by atoms with E-state index in [1.165, 1.54) is 16.3 Å². The van der Waals surface area contributed by atoms with E-state index in [1.807, 2.05) is 0 Å². The Morgan fingerprint density at radius 2 is 1.52 bits per heavy atom. The number of hydrogen-bond acceptors (Lipinski definition) is 1. The molecule has 2 heteroatoms. The summed E-state index contributed by atoms with van der Waals surface area (Å²) in [7, 11) is -1.18. The Balaban J connectivity index is 1.99. The normalized spacial score (nSPS) is 13.1. The predicted octanol–water partition coefficient (Wildman–Crippen LogP) is 4.47. The molecular weight excluding hydrogens is 270 g/mol. The molecule has 0 bridgehead atoms. The van der Waals surface area contributed by atoms with Crippen molar-refractivity contribution < 1.29 is 0 Å². The largest absolute Gasteiger partial charge is 0.306 e. The number of rotatable bonds is 6. The highest BCUT2D eigenvalue weighted by molar-refractivity contribution is 6.88. The van der Waals surface area contributed by atoms with Crippen molar-refractivity contribution in [3.05, 3.63) is 65.7 Å². The van der Waals surface area contributed by atoms with Crippen LogP contribution >= 0.6 is 0 Å². The minimum Gasteiger partial charge on any atom is -0.306 e. The third-order valence-corrected chi connectivity index (χ3v) is 6.05. The van der Waals surface area contributed by atoms with Crippen molar-refractivity contribution in [1.82, 2.24) is 5.32 Å². The van der Waals surface area contributed by atoms with Crippen molar-refractivity contribution in [3.8, 4) is 0 Å². The molecule has 2 rings (SSSR count). The average molecular weight is 298 g/mol. The van der Waals surface area contributed by atoms with Crippen LogP contribution in [-0.4, -0.2) is 8.07 Å². The Bertz CT molecular complexity index is 540. The first kappa shape index (κ1) is 16.0. The summed E-state index contributed by atoms with van der Waals surface area (Å²) >= 11 is 0. The molecule has 112 valence electrons. The first-order chi connectivity index (χ1) is 10.0. The molecule has 0 aliphatic heterocycles. The molecular formula is C19H27NSi. The van der Waals surface area contributed by atoms with Crippen LogP contribution in [0.5, 0.6) is 0 Å². The number of hydrogen-bond donors (Lipinski definition) is 1. The molecule has 2 aromatic rings. The maximum atomic E-state index is 3.67. The van der Waals surface area contributed by atoms with Gasteiger partial charge in [0.15, 0.2) is 0 Å². The molecule has 1 N–H and O–H groups in total. The van der Waals surface area contributed by atoms with E-state index in [0.29, 0.717) is 6.04 Å². The zero-order valence-corrected chi connectivity index (χ0v) is 14.7. The molecule has 21 heavy (non-hydrogen) atoms. The van der Waals surface area contributed by atoms with E-state index < -0.39 is 8.07 Å². The van der Waals surface area contributed by atoms with Gasteiger partial charge >= 0.3 is 0 Å². The lowest BCUT2D eigenvalue weighted by atomic mass is 10.0. The molecule has 1 atom stereocenters. The van der Waals surface area contributed by atoms with Crippen LogP contribution in [0.2, 0.25) is 19.6 Å². The van der Waals surface area contributed by atoms with Gasteiger partial charge in [0, 0.05) is 12.6 Å². The molecule has 0 fully saturated rings. The number of nitrogens with one attached hydrogen (secondary N) is 1. The van der Waals surface area contributed by atoms with Gasteiger partial charge in [-0.1, -0.05) is 86.3 Å². The third kappa shape index (κ3) is 4.55. The summed E-state index contributed by atoms with van der Waals surface area (Å²) in [6.07, 6.45) is 1.11. The minimum atomic E-state index is -1.18. The molecule has 0 amide bonds. The van der Waals surface area contributed by atoms with E-state index in [0.717, 1.165) is 13.0 Å². The van der Waals surface area contributed by atoms with Crippen LogP contribution in [-0.2, 0) is 6.54 Å². The Morgan fingerprint density at radius 1 is 0.905 bits per heavy atom. The van der Waals surface area contributed by atoms with Crippen molar-refractivity contribution in [2.24, 2.45) is 0 Å². The average Bonchev–Trinajstić information content (AvgIpc) is 2.48. The number of benzene rings is 2. The predicted molar refractivity (Wildman–Crippen MR) is 95.7 cm³/mol. The van der Waals surface area contributed by atoms with E-state index in [2.05, 4.69) is 86.5 Å². The van der Waals surface area contributed by atoms with Gasteiger partial charge in [-0.2, -0.15) is 0 Å². The van der Waals surface area contributed by atoms with Crippen LogP contribution in [0.3, 0.4) is 0 Å². The van der Waals surface area contributed by atoms with Gasteiger partial charge in [-0.15, -0.1) is 0 Å². The van der Waals surface area contributed by atoms with Gasteiger partial charge in [0.1, 0.15) is 0 Å². The fourth-order valence-electron chi connectivity index (χ4n) is 2.55. The van der Waals surface area contributed by atoms with E-state index >= 15 is 0 Å². The molecule has 1 unspecified atom stereocenters. The van der Waals surface area contributed by atoms with Crippen LogP contribution in [0.1, 0.15) is 30.5 Å². The molecule has 0 saturated carbocycles. The zero-order chi connectivity index (χ0) is 15.3. The second kappa shape index (κ2) is 7.06. The fourth-order valence-corrected chi connectivity index (χ4v) is 3.71. The summed E-state index contributed by atoms with van der Waals surface area (Å²) in [5, 5.41) is 5.20. The molecule has 0 spiro atoms. The quantitative estimate of drug-likeness (QED) is 0.776. The van der Waals surface area contributed by atoms with Crippen LogP contribution < -0.4 is 10.5 Å². The topological polar surface area (TPSA) is 12.0 Å². The van der Waals surface area contributed by atoms with Crippen molar-refractivity contribution in [2.75, 3.05) is 0 Å². The summed E-state index contributed by atoms with van der Waals surface area (Å²) in [5.74, 6) is 0. The monoisotopic (exact) mass is 297 g/mol. The van der Waals surface area contributed by atoms with E-state index in [-0.39, 0.29) is 0 Å². The molecule has 0 heterocycles. The van der Waals surface area contributed by atoms with Crippen molar-refractivity contribution >= 4 is 13.3 Å². The van der Waals surface area contributed by atoms with Crippen molar-refractivity contribution in [1.29, 1.82) is 0 Å². The van der Waals surface area contributed by atoms with Gasteiger partial charge in [-0.05, 0) is 17.5 Å². The third-order valence-electron chi connectivity index (χ3n) is 3.98. The first-order valence-corrected chi connectivity index (χ1v) is 11.4. The van der Waals surface area contributed by atoms with Gasteiger partial charge in [0.2, 0.25) is 0 Å².